The van der Waals surface area contributed by atoms with Crippen LogP contribution in [-0.2, 0) is 6.42 Å². The average molecular weight is 238 g/mol. The van der Waals surface area contributed by atoms with Gasteiger partial charge in [0.15, 0.2) is 0 Å². The number of nitrogens with zero attached hydrogens (tertiary/aromatic N) is 2. The number of rotatable bonds is 2. The van der Waals surface area contributed by atoms with E-state index < -0.39 is 12.6 Å². The maximum atomic E-state index is 12.0. The highest BCUT2D eigenvalue weighted by atomic mass is 32.1. The molecule has 0 N–H and O–H groups in total. The molecule has 0 fully saturated rings. The van der Waals surface area contributed by atoms with E-state index in [-0.39, 0.29) is 15.8 Å². The normalized spacial score (nSPS) is 11.5. The van der Waals surface area contributed by atoms with Crippen molar-refractivity contribution in [1.82, 2.24) is 9.88 Å². The lowest BCUT2D eigenvalue weighted by Crippen LogP contribution is -2.20. The van der Waals surface area contributed by atoms with Gasteiger partial charge in [-0.1, -0.05) is 0 Å². The predicted octanol–water partition coefficient (Wildman–Crippen LogP) is 1.95. The molecule has 0 aliphatic rings. The quantitative estimate of drug-likeness (QED) is 0.789. The number of carbonyl (C=O) groups excluding carboxylic acids is 1. The second-order valence-corrected chi connectivity index (χ2v) is 4.22. The van der Waals surface area contributed by atoms with Gasteiger partial charge < -0.3 is 4.90 Å². The molecular weight excluding hydrogens is 229 g/mol. The number of hydrogen-bond acceptors (Lipinski definition) is 3. The van der Waals surface area contributed by atoms with Crippen LogP contribution in [0.25, 0.3) is 0 Å². The van der Waals surface area contributed by atoms with Gasteiger partial charge in [0.2, 0.25) is 0 Å². The second-order valence-electron chi connectivity index (χ2n) is 3.11. The van der Waals surface area contributed by atoms with E-state index in [2.05, 4.69) is 4.98 Å². The Morgan fingerprint density at radius 3 is 2.60 bits per heavy atom. The lowest BCUT2D eigenvalue weighted by atomic mass is 10.4. The number of halogens is 3. The van der Waals surface area contributed by atoms with Gasteiger partial charge in [-0.2, -0.15) is 13.2 Å². The van der Waals surface area contributed by atoms with E-state index in [1.807, 2.05) is 0 Å². The van der Waals surface area contributed by atoms with Crippen molar-refractivity contribution in [2.45, 2.75) is 12.6 Å². The van der Waals surface area contributed by atoms with E-state index in [0.717, 1.165) is 11.3 Å². The van der Waals surface area contributed by atoms with Gasteiger partial charge in [-0.3, -0.25) is 4.79 Å². The first kappa shape index (κ1) is 12.0. The summed E-state index contributed by atoms with van der Waals surface area (Å²) in [6, 6.07) is 0. The molecule has 0 aromatic carbocycles. The van der Waals surface area contributed by atoms with Crippen LogP contribution in [-0.4, -0.2) is 36.1 Å². The summed E-state index contributed by atoms with van der Waals surface area (Å²) in [6.45, 7) is 0. The zero-order chi connectivity index (χ0) is 11.6. The number of carbonyl (C=O) groups is 1. The molecule has 0 unspecified atom stereocenters. The smallest absolute Gasteiger partial charge is 0.344 e. The van der Waals surface area contributed by atoms with Gasteiger partial charge in [0.1, 0.15) is 9.88 Å². The summed E-state index contributed by atoms with van der Waals surface area (Å²) >= 11 is 0.774. The molecule has 0 saturated carbocycles. The summed E-state index contributed by atoms with van der Waals surface area (Å²) in [4.78, 5) is 16.4. The molecule has 15 heavy (non-hydrogen) atoms. The van der Waals surface area contributed by atoms with Gasteiger partial charge >= 0.3 is 6.18 Å². The van der Waals surface area contributed by atoms with Gasteiger partial charge in [0, 0.05) is 14.1 Å². The highest BCUT2D eigenvalue weighted by Crippen LogP contribution is 2.24. The molecule has 0 aliphatic heterocycles. The van der Waals surface area contributed by atoms with Crippen LogP contribution in [0.5, 0.6) is 0 Å². The Balaban J connectivity index is 2.77. The summed E-state index contributed by atoms with van der Waals surface area (Å²) in [6.07, 6.45) is -4.19. The zero-order valence-electron chi connectivity index (χ0n) is 8.13. The summed E-state index contributed by atoms with van der Waals surface area (Å²) in [5.74, 6) is -0.332. The molecule has 84 valence electrons. The number of alkyl halides is 3. The van der Waals surface area contributed by atoms with E-state index in [4.69, 9.17) is 0 Å². The minimum atomic E-state index is -4.28. The third-order valence-electron chi connectivity index (χ3n) is 1.52. The van der Waals surface area contributed by atoms with Crippen LogP contribution in [0, 0.1) is 0 Å². The molecule has 1 amide bonds. The third-order valence-corrected chi connectivity index (χ3v) is 2.51. The van der Waals surface area contributed by atoms with E-state index in [9.17, 15) is 18.0 Å². The Morgan fingerprint density at radius 2 is 2.13 bits per heavy atom. The monoisotopic (exact) mass is 238 g/mol. The molecule has 0 radical (unpaired) electrons. The summed E-state index contributed by atoms with van der Waals surface area (Å²) in [7, 11) is 3.07. The minimum Gasteiger partial charge on any atom is -0.344 e. The van der Waals surface area contributed by atoms with Crippen molar-refractivity contribution in [3.05, 3.63) is 16.1 Å². The van der Waals surface area contributed by atoms with Crippen molar-refractivity contribution < 1.29 is 18.0 Å². The van der Waals surface area contributed by atoms with Crippen LogP contribution in [0.4, 0.5) is 13.2 Å². The molecule has 3 nitrogen and oxygen atoms in total. The maximum absolute atomic E-state index is 12.0. The Bertz CT molecular complexity index is 359. The fourth-order valence-electron chi connectivity index (χ4n) is 0.883. The van der Waals surface area contributed by atoms with Crippen LogP contribution in [0.2, 0.25) is 0 Å². The van der Waals surface area contributed by atoms with E-state index in [1.165, 1.54) is 25.2 Å². The van der Waals surface area contributed by atoms with E-state index >= 15 is 0 Å². The number of amides is 1. The largest absolute Gasteiger partial charge is 0.395 e. The Labute approximate surface area is 88.5 Å². The predicted molar refractivity (Wildman–Crippen MR) is 49.9 cm³/mol. The molecule has 0 atom stereocenters. The molecule has 0 aliphatic carbocycles. The first-order chi connectivity index (χ1) is 6.79. The molecule has 0 bridgehead atoms. The van der Waals surface area contributed by atoms with Crippen molar-refractivity contribution in [1.29, 1.82) is 0 Å². The van der Waals surface area contributed by atoms with Gasteiger partial charge in [0.25, 0.3) is 5.91 Å². The Kier molecular flexibility index (Phi) is 3.33. The lowest BCUT2D eigenvalue weighted by molar-refractivity contribution is -0.127. The number of thiazole rings is 1. The van der Waals surface area contributed by atoms with Crippen molar-refractivity contribution in [3.63, 3.8) is 0 Å². The summed E-state index contributed by atoms with van der Waals surface area (Å²) in [5.41, 5.74) is 0. The summed E-state index contributed by atoms with van der Waals surface area (Å²) < 4.78 is 35.9. The molecular formula is C8H9F3N2OS. The minimum absolute atomic E-state index is 0.0901. The highest BCUT2D eigenvalue weighted by molar-refractivity contribution is 7.13. The topological polar surface area (TPSA) is 33.2 Å². The molecule has 1 aromatic heterocycles. The third kappa shape index (κ3) is 3.50. The molecule has 1 rings (SSSR count). The molecule has 7 heteroatoms. The zero-order valence-corrected chi connectivity index (χ0v) is 8.95. The van der Waals surface area contributed by atoms with Crippen LogP contribution in [0.1, 0.15) is 14.7 Å². The number of hydrogen-bond donors (Lipinski definition) is 0. The Morgan fingerprint density at radius 1 is 1.53 bits per heavy atom. The average Bonchev–Trinajstić information content (AvgIpc) is 2.48. The van der Waals surface area contributed by atoms with Crippen molar-refractivity contribution in [2.75, 3.05) is 14.1 Å². The van der Waals surface area contributed by atoms with Crippen LogP contribution < -0.4 is 0 Å². The highest BCUT2D eigenvalue weighted by Gasteiger charge is 2.29. The van der Waals surface area contributed by atoms with Crippen LogP contribution >= 0.6 is 11.3 Å². The van der Waals surface area contributed by atoms with Crippen molar-refractivity contribution in [3.8, 4) is 0 Å². The second kappa shape index (κ2) is 4.18. The van der Waals surface area contributed by atoms with Gasteiger partial charge in [-0.25, -0.2) is 4.98 Å². The van der Waals surface area contributed by atoms with Gasteiger partial charge in [0.05, 0.1) is 12.6 Å². The van der Waals surface area contributed by atoms with Gasteiger partial charge in [-0.15, -0.1) is 11.3 Å². The number of aromatic nitrogens is 1. The van der Waals surface area contributed by atoms with Gasteiger partial charge in [-0.05, 0) is 0 Å². The van der Waals surface area contributed by atoms with E-state index in [1.54, 1.807) is 0 Å². The first-order valence-corrected chi connectivity index (χ1v) is 4.84. The first-order valence-electron chi connectivity index (χ1n) is 4.02. The molecule has 0 spiro atoms. The molecule has 1 aromatic rings. The van der Waals surface area contributed by atoms with E-state index in [0.29, 0.717) is 0 Å². The lowest BCUT2D eigenvalue weighted by Gasteiger charge is -2.06. The molecule has 1 heterocycles. The van der Waals surface area contributed by atoms with Crippen molar-refractivity contribution >= 4 is 17.2 Å². The molecule has 0 saturated heterocycles. The standard InChI is InChI=1S/C8H9F3N2OS/c1-13(2)7(14)5-4-12-6(15-5)3-8(9,10)11/h4H,3H2,1-2H3. The van der Waals surface area contributed by atoms with Crippen molar-refractivity contribution in [2.24, 2.45) is 0 Å². The fraction of sp³-hybridized carbons (Fsp3) is 0.500. The summed E-state index contributed by atoms with van der Waals surface area (Å²) in [5, 5.41) is -0.0901. The van der Waals surface area contributed by atoms with Crippen LogP contribution in [0.3, 0.4) is 0 Å². The fourth-order valence-corrected chi connectivity index (χ4v) is 1.85. The van der Waals surface area contributed by atoms with Crippen LogP contribution in [0.15, 0.2) is 6.20 Å². The Hall–Kier alpha value is -1.11. The SMILES string of the molecule is CN(C)C(=O)c1cnc(CC(F)(F)F)s1. The maximum Gasteiger partial charge on any atom is 0.395 e.